The smallest absolute Gasteiger partial charge is 0.226 e. The zero-order chi connectivity index (χ0) is 15.4. The number of nitrogens with zero attached hydrogens (tertiary/aromatic N) is 3. The summed E-state index contributed by atoms with van der Waals surface area (Å²) in [5, 5.41) is 0. The van der Waals surface area contributed by atoms with E-state index >= 15 is 0 Å². The molecule has 4 nitrogen and oxygen atoms in total. The number of aromatic nitrogens is 1. The molecule has 2 aliphatic heterocycles. The van der Waals surface area contributed by atoms with E-state index in [1.807, 2.05) is 6.20 Å². The molecule has 1 atom stereocenters. The van der Waals surface area contributed by atoms with E-state index in [-0.39, 0.29) is 5.92 Å². The van der Waals surface area contributed by atoms with E-state index in [0.717, 1.165) is 57.7 Å². The molecule has 0 aliphatic carbocycles. The summed E-state index contributed by atoms with van der Waals surface area (Å²) in [6.45, 7) is 6.93. The number of pyridine rings is 1. The number of aryl methyl sites for hydroxylation is 1. The molecule has 1 aromatic heterocycles. The molecule has 2 saturated heterocycles. The van der Waals surface area contributed by atoms with Gasteiger partial charge in [-0.05, 0) is 50.3 Å². The van der Waals surface area contributed by atoms with Crippen molar-refractivity contribution in [3.63, 3.8) is 0 Å². The minimum absolute atomic E-state index is 0.196. The summed E-state index contributed by atoms with van der Waals surface area (Å²) in [5.74, 6) is 0.582. The lowest BCUT2D eigenvalue weighted by Crippen LogP contribution is -2.43. The average molecular weight is 301 g/mol. The van der Waals surface area contributed by atoms with Crippen LogP contribution in [0.15, 0.2) is 18.3 Å². The summed E-state index contributed by atoms with van der Waals surface area (Å²) in [6, 6.07) is 4.30. The molecular formula is C18H27N3O. The standard InChI is InChI=1S/C18H27N3O/c1-2-15-7-8-17(19-12-15)14-20-9-5-6-16(13-20)18(22)21-10-3-4-11-21/h7-8,12,16H,2-6,9-11,13-14H2,1H3/t16-/m1/s1. The zero-order valence-corrected chi connectivity index (χ0v) is 13.6. The predicted octanol–water partition coefficient (Wildman–Crippen LogP) is 2.48. The van der Waals surface area contributed by atoms with Gasteiger partial charge in [0, 0.05) is 32.4 Å². The highest BCUT2D eigenvalue weighted by Crippen LogP contribution is 2.22. The lowest BCUT2D eigenvalue weighted by molar-refractivity contribution is -0.136. The third-order valence-electron chi connectivity index (χ3n) is 4.95. The van der Waals surface area contributed by atoms with Crippen LogP contribution in [0, 0.1) is 5.92 Å². The summed E-state index contributed by atoms with van der Waals surface area (Å²) in [5.41, 5.74) is 2.40. The maximum atomic E-state index is 12.6. The first-order valence-electron chi connectivity index (χ1n) is 8.71. The molecule has 120 valence electrons. The van der Waals surface area contributed by atoms with E-state index < -0.39 is 0 Å². The third kappa shape index (κ3) is 3.67. The van der Waals surface area contributed by atoms with Gasteiger partial charge in [-0.1, -0.05) is 13.0 Å². The fraction of sp³-hybridized carbons (Fsp3) is 0.667. The summed E-state index contributed by atoms with van der Waals surface area (Å²) in [6.07, 6.45) is 7.53. The molecule has 0 bridgehead atoms. The fourth-order valence-electron chi connectivity index (χ4n) is 3.58. The molecule has 3 rings (SSSR count). The zero-order valence-electron chi connectivity index (χ0n) is 13.6. The molecule has 2 fully saturated rings. The molecule has 2 aliphatic rings. The first-order valence-corrected chi connectivity index (χ1v) is 8.71. The van der Waals surface area contributed by atoms with Crippen molar-refractivity contribution in [2.45, 2.75) is 45.6 Å². The van der Waals surface area contributed by atoms with Crippen molar-refractivity contribution in [1.29, 1.82) is 0 Å². The van der Waals surface area contributed by atoms with Crippen LogP contribution in [0.5, 0.6) is 0 Å². The van der Waals surface area contributed by atoms with Crippen LogP contribution in [0.4, 0.5) is 0 Å². The topological polar surface area (TPSA) is 36.4 Å². The van der Waals surface area contributed by atoms with Crippen LogP contribution in [-0.4, -0.2) is 46.9 Å². The van der Waals surface area contributed by atoms with E-state index in [9.17, 15) is 4.79 Å². The Morgan fingerprint density at radius 3 is 2.73 bits per heavy atom. The molecule has 0 spiro atoms. The maximum absolute atomic E-state index is 12.6. The minimum Gasteiger partial charge on any atom is -0.342 e. The number of carbonyl (C=O) groups is 1. The number of carbonyl (C=O) groups excluding carboxylic acids is 1. The van der Waals surface area contributed by atoms with Crippen molar-refractivity contribution >= 4 is 5.91 Å². The molecule has 0 aromatic carbocycles. The van der Waals surface area contributed by atoms with Crippen molar-refractivity contribution in [3.8, 4) is 0 Å². The lowest BCUT2D eigenvalue weighted by Gasteiger charge is -2.33. The monoisotopic (exact) mass is 301 g/mol. The van der Waals surface area contributed by atoms with Gasteiger partial charge in [0.2, 0.25) is 5.91 Å². The second-order valence-electron chi connectivity index (χ2n) is 6.62. The van der Waals surface area contributed by atoms with Crippen molar-refractivity contribution in [3.05, 3.63) is 29.6 Å². The van der Waals surface area contributed by atoms with Crippen LogP contribution < -0.4 is 0 Å². The molecule has 22 heavy (non-hydrogen) atoms. The van der Waals surface area contributed by atoms with Crippen LogP contribution >= 0.6 is 0 Å². The van der Waals surface area contributed by atoms with Gasteiger partial charge >= 0.3 is 0 Å². The van der Waals surface area contributed by atoms with Crippen molar-refractivity contribution in [2.75, 3.05) is 26.2 Å². The van der Waals surface area contributed by atoms with Gasteiger partial charge in [0.05, 0.1) is 11.6 Å². The normalized spacial score (nSPS) is 23.0. The van der Waals surface area contributed by atoms with E-state index in [0.29, 0.717) is 5.91 Å². The summed E-state index contributed by atoms with van der Waals surface area (Å²) >= 11 is 0. The largest absolute Gasteiger partial charge is 0.342 e. The highest BCUT2D eigenvalue weighted by atomic mass is 16.2. The van der Waals surface area contributed by atoms with E-state index in [4.69, 9.17) is 0 Å². The molecular weight excluding hydrogens is 274 g/mol. The number of amides is 1. The Labute approximate surface area is 133 Å². The molecule has 1 aromatic rings. The van der Waals surface area contributed by atoms with E-state index in [1.54, 1.807) is 0 Å². The van der Waals surface area contributed by atoms with E-state index in [2.05, 4.69) is 33.8 Å². The van der Waals surface area contributed by atoms with Gasteiger partial charge in [0.25, 0.3) is 0 Å². The highest BCUT2D eigenvalue weighted by Gasteiger charge is 2.30. The fourth-order valence-corrected chi connectivity index (χ4v) is 3.58. The molecule has 1 amide bonds. The number of hydrogen-bond acceptors (Lipinski definition) is 3. The predicted molar refractivity (Wildman–Crippen MR) is 87.4 cm³/mol. The number of likely N-dealkylation sites (tertiary alicyclic amines) is 2. The van der Waals surface area contributed by atoms with Gasteiger partial charge in [-0.25, -0.2) is 0 Å². The molecule has 0 saturated carbocycles. The van der Waals surface area contributed by atoms with Gasteiger partial charge in [0.1, 0.15) is 0 Å². The van der Waals surface area contributed by atoms with Crippen LogP contribution in [-0.2, 0) is 17.8 Å². The van der Waals surface area contributed by atoms with E-state index in [1.165, 1.54) is 18.4 Å². The Morgan fingerprint density at radius 2 is 2.05 bits per heavy atom. The third-order valence-corrected chi connectivity index (χ3v) is 4.95. The molecule has 3 heterocycles. The maximum Gasteiger partial charge on any atom is 0.226 e. The number of rotatable bonds is 4. The number of hydrogen-bond donors (Lipinski definition) is 0. The summed E-state index contributed by atoms with van der Waals surface area (Å²) in [4.78, 5) is 21.6. The molecule has 0 radical (unpaired) electrons. The van der Waals surface area contributed by atoms with Crippen LogP contribution in [0.1, 0.15) is 43.9 Å². The highest BCUT2D eigenvalue weighted by molar-refractivity contribution is 5.79. The van der Waals surface area contributed by atoms with Gasteiger partial charge in [-0.3, -0.25) is 14.7 Å². The Morgan fingerprint density at radius 1 is 1.23 bits per heavy atom. The Kier molecular flexibility index (Phi) is 5.08. The van der Waals surface area contributed by atoms with Gasteiger partial charge in [-0.2, -0.15) is 0 Å². The Bertz CT molecular complexity index is 494. The lowest BCUT2D eigenvalue weighted by atomic mass is 9.96. The summed E-state index contributed by atoms with van der Waals surface area (Å²) < 4.78 is 0. The molecule has 0 unspecified atom stereocenters. The van der Waals surface area contributed by atoms with Crippen molar-refractivity contribution in [2.24, 2.45) is 5.92 Å². The Hall–Kier alpha value is -1.42. The minimum atomic E-state index is 0.196. The van der Waals surface area contributed by atoms with Crippen molar-refractivity contribution in [1.82, 2.24) is 14.8 Å². The van der Waals surface area contributed by atoms with Gasteiger partial charge in [-0.15, -0.1) is 0 Å². The first-order chi connectivity index (χ1) is 10.8. The van der Waals surface area contributed by atoms with Crippen LogP contribution in [0.3, 0.4) is 0 Å². The SMILES string of the molecule is CCc1ccc(CN2CCC[C@@H](C(=O)N3CCCC3)C2)nc1. The number of piperidine rings is 1. The first kappa shape index (κ1) is 15.5. The Balaban J connectivity index is 1.56. The van der Waals surface area contributed by atoms with Crippen LogP contribution in [0.2, 0.25) is 0 Å². The van der Waals surface area contributed by atoms with Crippen molar-refractivity contribution < 1.29 is 4.79 Å². The molecule has 4 heteroatoms. The average Bonchev–Trinajstić information content (AvgIpc) is 3.09. The summed E-state index contributed by atoms with van der Waals surface area (Å²) in [7, 11) is 0. The van der Waals surface area contributed by atoms with Crippen LogP contribution in [0.25, 0.3) is 0 Å². The van der Waals surface area contributed by atoms with Gasteiger partial charge < -0.3 is 4.90 Å². The molecule has 0 N–H and O–H groups in total. The van der Waals surface area contributed by atoms with Gasteiger partial charge in [0.15, 0.2) is 0 Å². The second-order valence-corrected chi connectivity index (χ2v) is 6.62. The quantitative estimate of drug-likeness (QED) is 0.857. The second kappa shape index (κ2) is 7.23.